The molecule has 0 fully saturated rings. The van der Waals surface area contributed by atoms with E-state index in [9.17, 15) is 0 Å². The van der Waals surface area contributed by atoms with Crippen LogP contribution in [0.3, 0.4) is 0 Å². The van der Waals surface area contributed by atoms with E-state index in [0.717, 1.165) is 33.5 Å². The van der Waals surface area contributed by atoms with Crippen molar-refractivity contribution in [1.29, 1.82) is 0 Å². The van der Waals surface area contributed by atoms with E-state index < -0.39 is 0 Å². The Balaban J connectivity index is 1.75. The highest BCUT2D eigenvalue weighted by molar-refractivity contribution is 6.31. The first-order valence-corrected chi connectivity index (χ1v) is 8.26. The highest BCUT2D eigenvalue weighted by Crippen LogP contribution is 2.21. The maximum atomic E-state index is 6.19. The lowest BCUT2D eigenvalue weighted by Gasteiger charge is -2.11. The molecule has 5 nitrogen and oxygen atoms in total. The molecule has 0 spiro atoms. The van der Waals surface area contributed by atoms with Gasteiger partial charge in [-0.3, -0.25) is 0 Å². The predicted molar refractivity (Wildman–Crippen MR) is 102 cm³/mol. The Hall–Kier alpha value is -2.79. The van der Waals surface area contributed by atoms with Gasteiger partial charge in [0.25, 0.3) is 0 Å². The summed E-state index contributed by atoms with van der Waals surface area (Å²) in [5.74, 6) is 2.03. The van der Waals surface area contributed by atoms with Crippen LogP contribution in [0.5, 0.6) is 5.75 Å². The zero-order valence-electron chi connectivity index (χ0n) is 14.1. The molecule has 0 atom stereocenters. The second-order valence-electron chi connectivity index (χ2n) is 5.52. The molecule has 0 aliphatic rings. The van der Waals surface area contributed by atoms with Crippen molar-refractivity contribution in [3.05, 3.63) is 70.9 Å². The molecule has 0 saturated carbocycles. The molecule has 0 bridgehead atoms. The number of nitrogens with zero attached hydrogens (tertiary/aromatic N) is 2. The molecule has 128 valence electrons. The third kappa shape index (κ3) is 4.61. The average Bonchev–Trinajstić information content (AvgIpc) is 2.61. The molecule has 3 aromatic rings. The van der Waals surface area contributed by atoms with E-state index >= 15 is 0 Å². The zero-order chi connectivity index (χ0) is 17.6. The second kappa shape index (κ2) is 7.85. The molecule has 0 radical (unpaired) electrons. The van der Waals surface area contributed by atoms with E-state index in [1.54, 1.807) is 7.11 Å². The van der Waals surface area contributed by atoms with Crippen LogP contribution in [0.25, 0.3) is 0 Å². The SMILES string of the molecule is COc1cccc(Nc2nc(C)cc(NCc3ccccc3Cl)n2)c1. The third-order valence-electron chi connectivity index (χ3n) is 3.60. The maximum absolute atomic E-state index is 6.19. The summed E-state index contributed by atoms with van der Waals surface area (Å²) >= 11 is 6.19. The summed E-state index contributed by atoms with van der Waals surface area (Å²) < 4.78 is 5.23. The molecule has 0 unspecified atom stereocenters. The van der Waals surface area contributed by atoms with E-state index in [4.69, 9.17) is 16.3 Å². The van der Waals surface area contributed by atoms with Crippen LogP contribution in [0.4, 0.5) is 17.5 Å². The first kappa shape index (κ1) is 17.0. The van der Waals surface area contributed by atoms with Gasteiger partial charge in [-0.25, -0.2) is 4.98 Å². The summed E-state index contributed by atoms with van der Waals surface area (Å²) in [5.41, 5.74) is 2.74. The molecule has 0 amide bonds. The average molecular weight is 355 g/mol. The van der Waals surface area contributed by atoms with Crippen LogP contribution >= 0.6 is 11.6 Å². The molecule has 1 aromatic heterocycles. The Morgan fingerprint density at radius 1 is 1.04 bits per heavy atom. The number of nitrogens with one attached hydrogen (secondary N) is 2. The molecule has 0 aliphatic heterocycles. The number of aryl methyl sites for hydroxylation is 1. The van der Waals surface area contributed by atoms with Gasteiger partial charge in [-0.15, -0.1) is 0 Å². The summed E-state index contributed by atoms with van der Waals surface area (Å²) in [6, 6.07) is 17.3. The quantitative estimate of drug-likeness (QED) is 0.665. The van der Waals surface area contributed by atoms with Crippen LogP contribution in [-0.4, -0.2) is 17.1 Å². The third-order valence-corrected chi connectivity index (χ3v) is 3.97. The van der Waals surface area contributed by atoms with Gasteiger partial charge in [0.2, 0.25) is 5.95 Å². The normalized spacial score (nSPS) is 10.4. The molecule has 6 heteroatoms. The number of anilines is 3. The monoisotopic (exact) mass is 354 g/mol. The predicted octanol–water partition coefficient (Wildman–Crippen LogP) is 4.80. The summed E-state index contributed by atoms with van der Waals surface area (Å²) in [6.07, 6.45) is 0. The molecular formula is C19H19ClN4O. The fourth-order valence-electron chi connectivity index (χ4n) is 2.37. The number of ether oxygens (including phenoxy) is 1. The molecule has 1 heterocycles. The van der Waals surface area contributed by atoms with E-state index in [-0.39, 0.29) is 0 Å². The minimum absolute atomic E-state index is 0.523. The summed E-state index contributed by atoms with van der Waals surface area (Å²) in [4.78, 5) is 8.94. The molecular weight excluding hydrogens is 336 g/mol. The summed E-state index contributed by atoms with van der Waals surface area (Å²) in [7, 11) is 1.64. The summed E-state index contributed by atoms with van der Waals surface area (Å²) in [5, 5.41) is 7.22. The van der Waals surface area contributed by atoms with Crippen LogP contribution in [-0.2, 0) is 6.54 Å². The molecule has 25 heavy (non-hydrogen) atoms. The van der Waals surface area contributed by atoms with Crippen molar-refractivity contribution in [3.63, 3.8) is 0 Å². The van der Waals surface area contributed by atoms with Gasteiger partial charge in [-0.2, -0.15) is 4.98 Å². The maximum Gasteiger partial charge on any atom is 0.229 e. The number of aromatic nitrogens is 2. The van der Waals surface area contributed by atoms with Crippen LogP contribution in [0.1, 0.15) is 11.3 Å². The highest BCUT2D eigenvalue weighted by atomic mass is 35.5. The Morgan fingerprint density at radius 2 is 1.88 bits per heavy atom. The number of hydrogen-bond acceptors (Lipinski definition) is 5. The first-order valence-electron chi connectivity index (χ1n) is 7.88. The molecule has 2 aromatic carbocycles. The van der Waals surface area contributed by atoms with Crippen LogP contribution in [0.15, 0.2) is 54.6 Å². The van der Waals surface area contributed by atoms with Gasteiger partial charge in [0.15, 0.2) is 0 Å². The number of benzene rings is 2. The van der Waals surface area contributed by atoms with Crippen molar-refractivity contribution >= 4 is 29.1 Å². The standard InChI is InChI=1S/C19H19ClN4O/c1-13-10-18(21-12-14-6-3-4-9-17(14)20)24-19(22-13)23-15-7-5-8-16(11-15)25-2/h3-11H,12H2,1-2H3,(H2,21,22,23,24). The van der Waals surface area contributed by atoms with Crippen molar-refractivity contribution in [3.8, 4) is 5.75 Å². The fourth-order valence-corrected chi connectivity index (χ4v) is 2.58. The van der Waals surface area contributed by atoms with Crippen LogP contribution < -0.4 is 15.4 Å². The molecule has 0 aliphatic carbocycles. The van der Waals surface area contributed by atoms with Gasteiger partial charge in [0, 0.05) is 35.1 Å². The number of halogens is 1. The van der Waals surface area contributed by atoms with E-state index in [1.165, 1.54) is 0 Å². The highest BCUT2D eigenvalue weighted by Gasteiger charge is 2.05. The Morgan fingerprint density at radius 3 is 2.68 bits per heavy atom. The molecule has 0 saturated heterocycles. The van der Waals surface area contributed by atoms with Gasteiger partial charge in [-0.05, 0) is 30.7 Å². The van der Waals surface area contributed by atoms with Gasteiger partial charge in [0.1, 0.15) is 11.6 Å². The number of methoxy groups -OCH3 is 1. The van der Waals surface area contributed by atoms with Crippen molar-refractivity contribution in [2.75, 3.05) is 17.7 Å². The first-order chi connectivity index (χ1) is 12.1. The van der Waals surface area contributed by atoms with Gasteiger partial charge in [-0.1, -0.05) is 35.9 Å². The van der Waals surface area contributed by atoms with Gasteiger partial charge < -0.3 is 15.4 Å². The van der Waals surface area contributed by atoms with Gasteiger partial charge in [0.05, 0.1) is 7.11 Å². The summed E-state index contributed by atoms with van der Waals surface area (Å²) in [6.45, 7) is 2.52. The minimum atomic E-state index is 0.523. The lowest BCUT2D eigenvalue weighted by atomic mass is 10.2. The Kier molecular flexibility index (Phi) is 5.36. The topological polar surface area (TPSA) is 59.1 Å². The smallest absolute Gasteiger partial charge is 0.229 e. The van der Waals surface area contributed by atoms with Crippen molar-refractivity contribution in [2.24, 2.45) is 0 Å². The molecule has 3 rings (SSSR count). The zero-order valence-corrected chi connectivity index (χ0v) is 14.8. The van der Waals surface area contributed by atoms with E-state index in [0.29, 0.717) is 12.5 Å². The van der Waals surface area contributed by atoms with Gasteiger partial charge >= 0.3 is 0 Å². The van der Waals surface area contributed by atoms with Crippen LogP contribution in [0, 0.1) is 6.92 Å². The number of rotatable bonds is 6. The Labute approximate surface area is 152 Å². The fraction of sp³-hybridized carbons (Fsp3) is 0.158. The molecule has 2 N–H and O–H groups in total. The lowest BCUT2D eigenvalue weighted by Crippen LogP contribution is -2.06. The second-order valence-corrected chi connectivity index (χ2v) is 5.93. The lowest BCUT2D eigenvalue weighted by molar-refractivity contribution is 0.415. The van der Waals surface area contributed by atoms with Crippen LogP contribution in [0.2, 0.25) is 5.02 Å². The largest absolute Gasteiger partial charge is 0.497 e. The van der Waals surface area contributed by atoms with Crippen molar-refractivity contribution in [1.82, 2.24) is 9.97 Å². The number of hydrogen-bond donors (Lipinski definition) is 2. The van der Waals surface area contributed by atoms with E-state index in [1.807, 2.05) is 61.5 Å². The van der Waals surface area contributed by atoms with Crippen molar-refractivity contribution in [2.45, 2.75) is 13.5 Å². The van der Waals surface area contributed by atoms with E-state index in [2.05, 4.69) is 20.6 Å². The van der Waals surface area contributed by atoms with Crippen molar-refractivity contribution < 1.29 is 4.74 Å². The Bertz CT molecular complexity index is 870. The minimum Gasteiger partial charge on any atom is -0.497 e.